The average Bonchev–Trinajstić information content (AvgIpc) is 2.73. The number of methoxy groups -OCH3 is 1. The summed E-state index contributed by atoms with van der Waals surface area (Å²) in [6.45, 7) is 2.60. The van der Waals surface area contributed by atoms with E-state index in [1.54, 1.807) is 7.11 Å². The molecule has 5 heteroatoms. The van der Waals surface area contributed by atoms with Gasteiger partial charge in [-0.1, -0.05) is 35.9 Å². The third-order valence-corrected chi connectivity index (χ3v) is 5.39. The van der Waals surface area contributed by atoms with Crippen LogP contribution in [0.15, 0.2) is 48.5 Å². The monoisotopic (exact) mass is 380 g/mol. The van der Waals surface area contributed by atoms with Gasteiger partial charge < -0.3 is 15.4 Å². The highest BCUT2D eigenvalue weighted by Crippen LogP contribution is 2.30. The third kappa shape index (κ3) is 5.35. The Morgan fingerprint density at radius 1 is 0.964 bits per heavy atom. The van der Waals surface area contributed by atoms with Gasteiger partial charge in [0.05, 0.1) is 7.11 Å². The number of carbonyl (C=O) groups excluding carboxylic acids is 2. The van der Waals surface area contributed by atoms with Gasteiger partial charge in [-0.3, -0.25) is 9.59 Å². The molecular weight excluding hydrogens is 352 g/mol. The molecular formula is C23H28N2O3. The number of amides is 2. The minimum absolute atomic E-state index is 0.00804. The van der Waals surface area contributed by atoms with E-state index in [1.807, 2.05) is 55.5 Å². The molecule has 2 aromatic carbocycles. The molecule has 1 fully saturated rings. The SMILES string of the molecule is COc1cccc(NC(=O)C2CCC(C(=O)NCc3ccc(C)cc3)CC2)c1. The number of hydrogen-bond acceptors (Lipinski definition) is 3. The maximum Gasteiger partial charge on any atom is 0.227 e. The molecule has 0 aliphatic heterocycles. The van der Waals surface area contributed by atoms with Crippen LogP contribution in [0.1, 0.15) is 36.8 Å². The Labute approximate surface area is 166 Å². The largest absolute Gasteiger partial charge is 0.497 e. The summed E-state index contributed by atoms with van der Waals surface area (Å²) < 4.78 is 5.19. The van der Waals surface area contributed by atoms with E-state index in [9.17, 15) is 9.59 Å². The van der Waals surface area contributed by atoms with Crippen LogP contribution in [-0.2, 0) is 16.1 Å². The van der Waals surface area contributed by atoms with Gasteiger partial charge in [0.2, 0.25) is 11.8 Å². The Morgan fingerprint density at radius 2 is 1.61 bits per heavy atom. The second kappa shape index (κ2) is 9.40. The van der Waals surface area contributed by atoms with Crippen molar-refractivity contribution in [2.45, 2.75) is 39.2 Å². The van der Waals surface area contributed by atoms with Gasteiger partial charge in [-0.25, -0.2) is 0 Å². The number of nitrogens with one attached hydrogen (secondary N) is 2. The molecule has 0 bridgehead atoms. The molecule has 0 radical (unpaired) electrons. The molecule has 3 rings (SSSR count). The van der Waals surface area contributed by atoms with Crippen LogP contribution >= 0.6 is 0 Å². The molecule has 28 heavy (non-hydrogen) atoms. The lowest BCUT2D eigenvalue weighted by atomic mass is 9.81. The molecule has 1 saturated carbocycles. The zero-order valence-corrected chi connectivity index (χ0v) is 16.5. The molecule has 0 unspecified atom stereocenters. The van der Waals surface area contributed by atoms with E-state index >= 15 is 0 Å². The molecule has 2 N–H and O–H groups in total. The number of aryl methyl sites for hydroxylation is 1. The first kappa shape index (κ1) is 19.9. The molecule has 0 saturated heterocycles. The predicted octanol–water partition coefficient (Wildman–Crippen LogP) is 4.06. The van der Waals surface area contributed by atoms with E-state index in [4.69, 9.17) is 4.74 Å². The first-order valence-electron chi connectivity index (χ1n) is 9.83. The summed E-state index contributed by atoms with van der Waals surface area (Å²) in [6.07, 6.45) is 2.96. The first-order chi connectivity index (χ1) is 13.5. The van der Waals surface area contributed by atoms with Gasteiger partial charge >= 0.3 is 0 Å². The number of anilines is 1. The van der Waals surface area contributed by atoms with Gasteiger partial charge in [0.15, 0.2) is 0 Å². The Bertz CT molecular complexity index is 809. The minimum Gasteiger partial charge on any atom is -0.497 e. The second-order valence-electron chi connectivity index (χ2n) is 7.47. The van der Waals surface area contributed by atoms with Crippen LogP contribution in [0.4, 0.5) is 5.69 Å². The summed E-state index contributed by atoms with van der Waals surface area (Å²) in [5.41, 5.74) is 3.05. The standard InChI is InChI=1S/C23H28N2O3/c1-16-6-8-17(9-7-16)15-24-22(26)18-10-12-19(13-11-18)23(27)25-20-4-3-5-21(14-20)28-2/h3-9,14,18-19H,10-13,15H2,1-2H3,(H,24,26)(H,25,27). The fraction of sp³-hybridized carbons (Fsp3) is 0.391. The number of carbonyl (C=O) groups is 2. The number of rotatable bonds is 6. The molecule has 1 aliphatic carbocycles. The normalized spacial score (nSPS) is 18.9. The van der Waals surface area contributed by atoms with Crippen molar-refractivity contribution in [3.8, 4) is 5.75 Å². The first-order valence-corrected chi connectivity index (χ1v) is 9.83. The summed E-state index contributed by atoms with van der Waals surface area (Å²) in [4.78, 5) is 25.0. The summed E-state index contributed by atoms with van der Waals surface area (Å²) in [7, 11) is 1.60. The summed E-state index contributed by atoms with van der Waals surface area (Å²) in [6, 6.07) is 15.5. The van der Waals surface area contributed by atoms with Crippen LogP contribution < -0.4 is 15.4 Å². The summed E-state index contributed by atoms with van der Waals surface area (Å²) >= 11 is 0. The summed E-state index contributed by atoms with van der Waals surface area (Å²) in [5, 5.41) is 5.99. The van der Waals surface area contributed by atoms with Gasteiger partial charge in [-0.05, 0) is 50.3 Å². The van der Waals surface area contributed by atoms with Crippen LogP contribution in [0.5, 0.6) is 5.75 Å². The topological polar surface area (TPSA) is 67.4 Å². The van der Waals surface area contributed by atoms with Crippen molar-refractivity contribution in [1.82, 2.24) is 5.32 Å². The van der Waals surface area contributed by atoms with Crippen molar-refractivity contribution in [2.75, 3.05) is 12.4 Å². The second-order valence-corrected chi connectivity index (χ2v) is 7.47. The highest BCUT2D eigenvalue weighted by Gasteiger charge is 2.29. The van der Waals surface area contributed by atoms with Crippen molar-refractivity contribution in [2.24, 2.45) is 11.8 Å². The molecule has 0 aromatic heterocycles. The maximum atomic E-state index is 12.5. The zero-order valence-electron chi connectivity index (χ0n) is 16.5. The van der Waals surface area contributed by atoms with E-state index in [1.165, 1.54) is 5.56 Å². The van der Waals surface area contributed by atoms with Gasteiger partial charge in [-0.2, -0.15) is 0 Å². The number of ether oxygens (including phenoxy) is 1. The van der Waals surface area contributed by atoms with Crippen LogP contribution in [0, 0.1) is 18.8 Å². The smallest absolute Gasteiger partial charge is 0.227 e. The lowest BCUT2D eigenvalue weighted by molar-refractivity contribution is -0.128. The molecule has 148 valence electrons. The molecule has 2 amide bonds. The highest BCUT2D eigenvalue weighted by atomic mass is 16.5. The molecule has 1 aliphatic rings. The highest BCUT2D eigenvalue weighted by molar-refractivity contribution is 5.93. The fourth-order valence-electron chi connectivity index (χ4n) is 3.60. The number of benzene rings is 2. The number of hydrogen-bond donors (Lipinski definition) is 2. The van der Waals surface area contributed by atoms with Gasteiger partial charge in [0.1, 0.15) is 5.75 Å². The molecule has 2 aromatic rings. The zero-order chi connectivity index (χ0) is 19.9. The van der Waals surface area contributed by atoms with Crippen molar-refractivity contribution in [3.63, 3.8) is 0 Å². The van der Waals surface area contributed by atoms with E-state index in [2.05, 4.69) is 10.6 Å². The van der Waals surface area contributed by atoms with E-state index in [-0.39, 0.29) is 23.7 Å². The Kier molecular flexibility index (Phi) is 6.69. The van der Waals surface area contributed by atoms with E-state index in [0.29, 0.717) is 12.3 Å². The molecule has 5 nitrogen and oxygen atoms in total. The van der Waals surface area contributed by atoms with E-state index in [0.717, 1.165) is 36.9 Å². The van der Waals surface area contributed by atoms with Gasteiger partial charge in [0, 0.05) is 30.1 Å². The van der Waals surface area contributed by atoms with Crippen LogP contribution in [0.3, 0.4) is 0 Å². The summed E-state index contributed by atoms with van der Waals surface area (Å²) in [5.74, 6) is 0.768. The van der Waals surface area contributed by atoms with Crippen molar-refractivity contribution in [1.29, 1.82) is 0 Å². The minimum atomic E-state index is -0.0488. The van der Waals surface area contributed by atoms with Gasteiger partial charge in [0.25, 0.3) is 0 Å². The van der Waals surface area contributed by atoms with Gasteiger partial charge in [-0.15, -0.1) is 0 Å². The quantitative estimate of drug-likeness (QED) is 0.794. The molecule has 0 spiro atoms. The van der Waals surface area contributed by atoms with Crippen LogP contribution in [0.25, 0.3) is 0 Å². The average molecular weight is 380 g/mol. The third-order valence-electron chi connectivity index (χ3n) is 5.39. The Balaban J connectivity index is 1.44. The lowest BCUT2D eigenvalue weighted by Gasteiger charge is -2.27. The van der Waals surface area contributed by atoms with Crippen LogP contribution in [0.2, 0.25) is 0 Å². The van der Waals surface area contributed by atoms with E-state index < -0.39 is 0 Å². The lowest BCUT2D eigenvalue weighted by Crippen LogP contribution is -2.35. The molecule has 0 atom stereocenters. The fourth-order valence-corrected chi connectivity index (χ4v) is 3.60. The Hall–Kier alpha value is -2.82. The molecule has 0 heterocycles. The van der Waals surface area contributed by atoms with Crippen LogP contribution in [-0.4, -0.2) is 18.9 Å². The van der Waals surface area contributed by atoms with Crippen molar-refractivity contribution < 1.29 is 14.3 Å². The Morgan fingerprint density at radius 3 is 2.25 bits per heavy atom. The van der Waals surface area contributed by atoms with Crippen molar-refractivity contribution >= 4 is 17.5 Å². The maximum absolute atomic E-state index is 12.5. The van der Waals surface area contributed by atoms with Crippen molar-refractivity contribution in [3.05, 3.63) is 59.7 Å². The predicted molar refractivity (Wildman–Crippen MR) is 110 cm³/mol.